The van der Waals surface area contributed by atoms with Crippen LogP contribution in [0.15, 0.2) is 28.7 Å². The van der Waals surface area contributed by atoms with Crippen molar-refractivity contribution in [1.82, 2.24) is 9.88 Å². The molecule has 0 bridgehead atoms. The number of rotatable bonds is 3. The Kier molecular flexibility index (Phi) is 4.52. The standard InChI is InChI=1S/C18H23N3O5/c1-18(2,3)26-17(24)21-10-11(9-13(21)15(22)23)20(4)16-19-12-7-5-6-8-14(12)25-16/h5-8,11,13H,9-10H2,1-4H3,(H,22,23)/t11-,13+/m1/s1. The van der Waals surface area contributed by atoms with Crippen LogP contribution in [0, 0.1) is 0 Å². The van der Waals surface area contributed by atoms with Crippen molar-refractivity contribution in [3.05, 3.63) is 24.3 Å². The lowest BCUT2D eigenvalue weighted by Gasteiger charge is -2.27. The highest BCUT2D eigenvalue weighted by atomic mass is 16.6. The van der Waals surface area contributed by atoms with E-state index in [1.807, 2.05) is 24.3 Å². The lowest BCUT2D eigenvalue weighted by atomic mass is 10.1. The Hall–Kier alpha value is -2.77. The van der Waals surface area contributed by atoms with Crippen molar-refractivity contribution in [2.75, 3.05) is 18.5 Å². The van der Waals surface area contributed by atoms with E-state index < -0.39 is 23.7 Å². The molecule has 0 spiro atoms. The number of ether oxygens (including phenoxy) is 1. The second-order valence-electron chi connectivity index (χ2n) is 7.45. The molecule has 1 aliphatic heterocycles. The predicted molar refractivity (Wildman–Crippen MR) is 95.2 cm³/mol. The smallest absolute Gasteiger partial charge is 0.411 e. The van der Waals surface area contributed by atoms with Gasteiger partial charge < -0.3 is 19.2 Å². The largest absolute Gasteiger partial charge is 0.480 e. The average Bonchev–Trinajstić information content (AvgIpc) is 3.17. The highest BCUT2D eigenvalue weighted by Crippen LogP contribution is 2.29. The summed E-state index contributed by atoms with van der Waals surface area (Å²) in [5, 5.41) is 9.51. The molecule has 1 aromatic carbocycles. The topological polar surface area (TPSA) is 96.1 Å². The zero-order valence-electron chi connectivity index (χ0n) is 15.3. The van der Waals surface area contributed by atoms with Crippen LogP contribution in [-0.4, -0.2) is 58.3 Å². The van der Waals surface area contributed by atoms with E-state index in [1.54, 1.807) is 32.7 Å². The molecular formula is C18H23N3O5. The number of nitrogens with zero attached hydrogens (tertiary/aromatic N) is 3. The molecule has 2 atom stereocenters. The third-order valence-electron chi connectivity index (χ3n) is 4.32. The van der Waals surface area contributed by atoms with Gasteiger partial charge in [0.25, 0.3) is 6.01 Å². The molecule has 1 amide bonds. The first-order chi connectivity index (χ1) is 12.2. The molecule has 2 aromatic rings. The summed E-state index contributed by atoms with van der Waals surface area (Å²) in [6.45, 7) is 5.47. The van der Waals surface area contributed by atoms with Crippen LogP contribution in [0.25, 0.3) is 11.1 Å². The normalized spacial score (nSPS) is 20.4. The van der Waals surface area contributed by atoms with E-state index in [2.05, 4.69) is 4.98 Å². The quantitative estimate of drug-likeness (QED) is 0.898. The molecule has 8 nitrogen and oxygen atoms in total. The number of carboxylic acid groups (broad SMARTS) is 1. The number of aliphatic carboxylic acids is 1. The minimum absolute atomic E-state index is 0.223. The first-order valence-corrected chi connectivity index (χ1v) is 8.46. The molecule has 0 radical (unpaired) electrons. The Labute approximate surface area is 151 Å². The van der Waals surface area contributed by atoms with Gasteiger partial charge in [0.1, 0.15) is 17.2 Å². The maximum atomic E-state index is 12.4. The summed E-state index contributed by atoms with van der Waals surface area (Å²) in [5.41, 5.74) is 0.696. The first kappa shape index (κ1) is 18.0. The molecule has 1 aliphatic rings. The number of para-hydroxylation sites is 2. The molecule has 1 N–H and O–H groups in total. The summed E-state index contributed by atoms with van der Waals surface area (Å²) in [6.07, 6.45) is -0.359. The van der Waals surface area contributed by atoms with Crippen molar-refractivity contribution in [2.45, 2.75) is 44.9 Å². The van der Waals surface area contributed by atoms with Gasteiger partial charge in [0.05, 0.1) is 6.04 Å². The number of anilines is 1. The summed E-state index contributed by atoms with van der Waals surface area (Å²) >= 11 is 0. The zero-order chi connectivity index (χ0) is 19.1. The van der Waals surface area contributed by atoms with E-state index in [9.17, 15) is 14.7 Å². The Morgan fingerprint density at radius 2 is 2.04 bits per heavy atom. The number of aromatic nitrogens is 1. The van der Waals surface area contributed by atoms with Crippen LogP contribution in [0.5, 0.6) is 0 Å². The van der Waals surface area contributed by atoms with E-state index in [1.165, 1.54) is 4.90 Å². The van der Waals surface area contributed by atoms with Crippen LogP contribution < -0.4 is 4.90 Å². The molecule has 1 aromatic heterocycles. The lowest BCUT2D eigenvalue weighted by Crippen LogP contribution is -2.44. The van der Waals surface area contributed by atoms with E-state index >= 15 is 0 Å². The Balaban J connectivity index is 1.80. The van der Waals surface area contributed by atoms with Crippen molar-refractivity contribution in [3.8, 4) is 0 Å². The minimum Gasteiger partial charge on any atom is -0.480 e. The van der Waals surface area contributed by atoms with Crippen molar-refractivity contribution in [2.24, 2.45) is 0 Å². The number of hydrogen-bond acceptors (Lipinski definition) is 6. The molecular weight excluding hydrogens is 338 g/mol. The molecule has 0 aliphatic carbocycles. The third-order valence-corrected chi connectivity index (χ3v) is 4.32. The van der Waals surface area contributed by atoms with Gasteiger partial charge >= 0.3 is 12.1 Å². The predicted octanol–water partition coefficient (Wildman–Crippen LogP) is 2.73. The number of oxazole rings is 1. The fraction of sp³-hybridized carbons (Fsp3) is 0.500. The summed E-state index contributed by atoms with van der Waals surface area (Å²) in [7, 11) is 1.78. The zero-order valence-corrected chi connectivity index (χ0v) is 15.3. The van der Waals surface area contributed by atoms with Crippen molar-refractivity contribution in [3.63, 3.8) is 0 Å². The highest BCUT2D eigenvalue weighted by molar-refractivity contribution is 5.81. The van der Waals surface area contributed by atoms with Gasteiger partial charge in [-0.05, 0) is 32.9 Å². The van der Waals surface area contributed by atoms with E-state index in [4.69, 9.17) is 9.15 Å². The number of hydrogen-bond donors (Lipinski definition) is 1. The van der Waals surface area contributed by atoms with Crippen LogP contribution in [0.2, 0.25) is 0 Å². The number of carbonyl (C=O) groups excluding carboxylic acids is 1. The van der Waals surface area contributed by atoms with Crippen molar-refractivity contribution in [1.29, 1.82) is 0 Å². The van der Waals surface area contributed by atoms with E-state index in [0.29, 0.717) is 11.6 Å². The van der Waals surface area contributed by atoms with Gasteiger partial charge in [-0.3, -0.25) is 4.90 Å². The van der Waals surface area contributed by atoms with Crippen LogP contribution in [-0.2, 0) is 9.53 Å². The van der Waals surface area contributed by atoms with Crippen LogP contribution in [0.4, 0.5) is 10.8 Å². The molecule has 140 valence electrons. The highest BCUT2D eigenvalue weighted by Gasteiger charge is 2.43. The van der Waals surface area contributed by atoms with Crippen molar-refractivity contribution >= 4 is 29.2 Å². The number of likely N-dealkylation sites (N-methyl/N-ethyl adjacent to an activating group) is 1. The van der Waals surface area contributed by atoms with Gasteiger partial charge in [-0.25, -0.2) is 9.59 Å². The van der Waals surface area contributed by atoms with E-state index in [-0.39, 0.29) is 19.0 Å². The Bertz CT molecular complexity index is 793. The monoisotopic (exact) mass is 361 g/mol. The summed E-state index contributed by atoms with van der Waals surface area (Å²) in [5.74, 6) is -1.05. The first-order valence-electron chi connectivity index (χ1n) is 8.46. The van der Waals surface area contributed by atoms with Gasteiger partial charge in [-0.1, -0.05) is 12.1 Å². The van der Waals surface area contributed by atoms with Crippen molar-refractivity contribution < 1.29 is 23.8 Å². The second kappa shape index (κ2) is 6.51. The summed E-state index contributed by atoms with van der Waals surface area (Å²) in [4.78, 5) is 31.5. The number of fused-ring (bicyclic) bond motifs is 1. The van der Waals surface area contributed by atoms with Gasteiger partial charge in [0.15, 0.2) is 5.58 Å². The molecule has 0 saturated carbocycles. The number of carbonyl (C=O) groups is 2. The molecule has 26 heavy (non-hydrogen) atoms. The second-order valence-corrected chi connectivity index (χ2v) is 7.45. The fourth-order valence-electron chi connectivity index (χ4n) is 3.02. The Morgan fingerprint density at radius 1 is 1.35 bits per heavy atom. The van der Waals surface area contributed by atoms with Gasteiger partial charge in [0, 0.05) is 20.0 Å². The molecule has 3 rings (SSSR count). The molecule has 2 heterocycles. The number of benzene rings is 1. The van der Waals surface area contributed by atoms with Gasteiger partial charge in [0.2, 0.25) is 0 Å². The van der Waals surface area contributed by atoms with Crippen LogP contribution in [0.1, 0.15) is 27.2 Å². The number of amides is 1. The average molecular weight is 361 g/mol. The molecule has 8 heteroatoms. The van der Waals surface area contributed by atoms with Gasteiger partial charge in [-0.2, -0.15) is 4.98 Å². The molecule has 0 unspecified atom stereocenters. The maximum Gasteiger partial charge on any atom is 0.411 e. The third kappa shape index (κ3) is 3.58. The van der Waals surface area contributed by atoms with E-state index in [0.717, 1.165) is 5.52 Å². The minimum atomic E-state index is -1.05. The molecule has 1 saturated heterocycles. The number of carboxylic acids is 1. The maximum absolute atomic E-state index is 12.4. The lowest BCUT2D eigenvalue weighted by molar-refractivity contribution is -0.142. The SMILES string of the molecule is CN(c1nc2ccccc2o1)[C@@H]1C[C@@H](C(=O)O)N(C(=O)OC(C)(C)C)C1. The fourth-order valence-corrected chi connectivity index (χ4v) is 3.02. The van der Waals surface area contributed by atoms with Crippen LogP contribution >= 0.6 is 0 Å². The summed E-state index contributed by atoms with van der Waals surface area (Å²) < 4.78 is 11.1. The summed E-state index contributed by atoms with van der Waals surface area (Å²) in [6, 6.07) is 6.61. The van der Waals surface area contributed by atoms with Crippen LogP contribution in [0.3, 0.4) is 0 Å². The molecule has 1 fully saturated rings. The number of likely N-dealkylation sites (tertiary alicyclic amines) is 1. The van der Waals surface area contributed by atoms with Gasteiger partial charge in [-0.15, -0.1) is 0 Å². The Morgan fingerprint density at radius 3 is 2.65 bits per heavy atom.